The molecule has 1 unspecified atom stereocenters. The normalized spacial score (nSPS) is 25.9. The van der Waals surface area contributed by atoms with E-state index in [9.17, 15) is 18.0 Å². The molecule has 59 heavy (non-hydrogen) atoms. The van der Waals surface area contributed by atoms with Gasteiger partial charge in [0.2, 0.25) is 5.91 Å². The molecule has 0 aromatic heterocycles. The Labute approximate surface area is 349 Å². The van der Waals surface area contributed by atoms with Crippen LogP contribution in [0, 0.1) is 17.7 Å². The highest BCUT2D eigenvalue weighted by molar-refractivity contribution is 7.92. The Morgan fingerprint density at radius 1 is 0.881 bits per heavy atom. The lowest BCUT2D eigenvalue weighted by atomic mass is 9.57. The van der Waals surface area contributed by atoms with Crippen LogP contribution >= 0.6 is 0 Å². The smallest absolute Gasteiger partial charge is 0.407 e. The van der Waals surface area contributed by atoms with E-state index in [0.29, 0.717) is 6.54 Å². The molecular weight excluding hydrogens is 775 g/mol. The number of nitrogens with zero attached hydrogens (tertiary/aromatic N) is 5. The summed E-state index contributed by atoms with van der Waals surface area (Å²) in [6.45, 7) is 8.30. The van der Waals surface area contributed by atoms with E-state index in [1.54, 1.807) is 41.3 Å². The lowest BCUT2D eigenvalue weighted by Crippen LogP contribution is -2.65. The summed E-state index contributed by atoms with van der Waals surface area (Å²) in [5.74, 6) is -0.0573. The van der Waals surface area contributed by atoms with Crippen molar-refractivity contribution in [1.29, 1.82) is 0 Å². The number of piperidine rings is 2. The number of benzene rings is 2. The highest BCUT2D eigenvalue weighted by atomic mass is 32.2. The Balaban J connectivity index is 0.856. The summed E-state index contributed by atoms with van der Waals surface area (Å²) in [4.78, 5) is 36.0. The highest BCUT2D eigenvalue weighted by Crippen LogP contribution is 2.52. The minimum absolute atomic E-state index is 0.0739. The molecule has 2 aromatic carbocycles. The van der Waals surface area contributed by atoms with Crippen molar-refractivity contribution in [3.63, 3.8) is 0 Å². The Hall–Kier alpha value is -3.59. The monoisotopic (exact) mass is 836 g/mol. The first kappa shape index (κ1) is 42.1. The van der Waals surface area contributed by atoms with Crippen molar-refractivity contribution in [1.82, 2.24) is 24.9 Å². The van der Waals surface area contributed by atoms with Gasteiger partial charge in [-0.2, -0.15) is 0 Å². The third-order valence-electron chi connectivity index (χ3n) is 14.4. The number of carbonyl (C=O) groups is 2. The summed E-state index contributed by atoms with van der Waals surface area (Å²) < 4.78 is 63.2. The molecule has 2 amide bonds. The molecule has 8 rings (SSSR count). The molecule has 0 spiro atoms. The van der Waals surface area contributed by atoms with Gasteiger partial charge in [0.05, 0.1) is 25.1 Å². The molecule has 14 heteroatoms. The van der Waals surface area contributed by atoms with Gasteiger partial charge >= 0.3 is 6.09 Å². The second-order valence-corrected chi connectivity index (χ2v) is 20.4. The molecule has 5 saturated heterocycles. The molecule has 0 bridgehead atoms. The minimum atomic E-state index is -3.61. The number of methoxy groups -OCH3 is 1. The molecule has 11 nitrogen and oxygen atoms in total. The average Bonchev–Trinajstić information content (AvgIpc) is 3.65. The number of ether oxygens (including phenoxy) is 1. The van der Waals surface area contributed by atoms with Crippen LogP contribution in [0.15, 0.2) is 65.6 Å². The summed E-state index contributed by atoms with van der Waals surface area (Å²) >= 11 is 0. The fraction of sp³-hybridized carbons (Fsp3) is 0.644. The first-order valence-electron chi connectivity index (χ1n) is 22.0. The number of hydrogen-bond donors (Lipinski definition) is 1. The highest BCUT2D eigenvalue weighted by Gasteiger charge is 2.54. The van der Waals surface area contributed by atoms with Crippen molar-refractivity contribution in [3.05, 3.63) is 72.1 Å². The third-order valence-corrected chi connectivity index (χ3v) is 16.5. The molecule has 1 aliphatic carbocycles. The number of amides is 2. The van der Waals surface area contributed by atoms with Crippen LogP contribution in [0.5, 0.6) is 0 Å². The number of nitrogens with one attached hydrogen (secondary N) is 1. The van der Waals surface area contributed by atoms with Gasteiger partial charge in [0.25, 0.3) is 0 Å². The quantitative estimate of drug-likeness (QED) is 0.256. The van der Waals surface area contributed by atoms with Gasteiger partial charge in [0, 0.05) is 55.9 Å². The maximum Gasteiger partial charge on any atom is 0.407 e. The van der Waals surface area contributed by atoms with Crippen molar-refractivity contribution < 1.29 is 31.5 Å². The first-order valence-corrected chi connectivity index (χ1v) is 23.5. The number of hydrogen-bond acceptors (Lipinski definition) is 9. The Morgan fingerprint density at radius 3 is 2.25 bits per heavy atom. The zero-order valence-electron chi connectivity index (χ0n) is 34.6. The topological polar surface area (TPSA) is 106 Å². The van der Waals surface area contributed by atoms with E-state index in [4.69, 9.17) is 4.74 Å². The second-order valence-electron chi connectivity index (χ2n) is 18.2. The van der Waals surface area contributed by atoms with Gasteiger partial charge in [-0.25, -0.2) is 22.0 Å². The fourth-order valence-corrected chi connectivity index (χ4v) is 12.7. The van der Waals surface area contributed by atoms with Gasteiger partial charge in [-0.15, -0.1) is 0 Å². The first-order chi connectivity index (χ1) is 28.5. The van der Waals surface area contributed by atoms with Crippen LogP contribution in [-0.2, 0) is 24.8 Å². The number of likely N-dealkylation sites (tertiary alicyclic amines) is 4. The van der Waals surface area contributed by atoms with E-state index >= 15 is 8.78 Å². The Morgan fingerprint density at radius 2 is 1.59 bits per heavy atom. The number of sulfone groups is 1. The zero-order valence-corrected chi connectivity index (χ0v) is 35.4. The standard InChI is InChI=1S/C45H62F2N6O5S/c1-58-43(55)48-41-12-6-11-40(41)45(33-50-23-8-24-50,35-9-5-10-36(46)27-35)34-18-25-51(26-19-34)30-44(47)31-53(32-44)37-14-16-38(17-15-37)59(56,57)39-28-52(29-39)42(54)13-7-22-49-20-3-2-4-21-49/h5,7,9-10,13-17,27,34,39-41H,2-4,6,8,11-12,18-26,28-33H2,1H3,(H,48,55)/b13-7+/t40-,41-,45?/m0/s1. The summed E-state index contributed by atoms with van der Waals surface area (Å²) in [6, 6.07) is 13.8. The summed E-state index contributed by atoms with van der Waals surface area (Å²) in [6.07, 6.45) is 12.3. The van der Waals surface area contributed by atoms with Gasteiger partial charge in [-0.05, 0) is 138 Å². The van der Waals surface area contributed by atoms with Crippen LogP contribution in [0.4, 0.5) is 19.3 Å². The average molecular weight is 837 g/mol. The summed E-state index contributed by atoms with van der Waals surface area (Å²) in [5.41, 5.74) is 0.0201. The van der Waals surface area contributed by atoms with Gasteiger partial charge in [0.15, 0.2) is 15.5 Å². The lowest BCUT2D eigenvalue weighted by molar-refractivity contribution is -0.129. The van der Waals surface area contributed by atoms with E-state index in [2.05, 4.69) is 26.1 Å². The summed E-state index contributed by atoms with van der Waals surface area (Å²) in [7, 11) is -2.21. The Kier molecular flexibility index (Phi) is 12.7. The fourth-order valence-electron chi connectivity index (χ4n) is 11.1. The molecule has 0 radical (unpaired) electrons. The number of rotatable bonds is 14. The van der Waals surface area contributed by atoms with Crippen LogP contribution in [0.2, 0.25) is 0 Å². The van der Waals surface area contributed by atoms with E-state index in [1.807, 2.05) is 17.0 Å². The molecular formula is C45H62F2N6O5S. The number of alkyl carbamates (subject to hydrolysis) is 1. The van der Waals surface area contributed by atoms with E-state index < -0.39 is 26.8 Å². The molecule has 6 aliphatic rings. The third kappa shape index (κ3) is 9.06. The van der Waals surface area contributed by atoms with E-state index in [1.165, 1.54) is 32.4 Å². The summed E-state index contributed by atoms with van der Waals surface area (Å²) in [5, 5.41) is 2.51. The molecule has 1 saturated carbocycles. The molecule has 5 heterocycles. The van der Waals surface area contributed by atoms with Crippen LogP contribution in [0.3, 0.4) is 0 Å². The predicted molar refractivity (Wildman–Crippen MR) is 224 cm³/mol. The molecule has 3 atom stereocenters. The van der Waals surface area contributed by atoms with Gasteiger partial charge in [0.1, 0.15) is 11.1 Å². The zero-order chi connectivity index (χ0) is 41.2. The molecule has 6 fully saturated rings. The predicted octanol–water partition coefficient (Wildman–Crippen LogP) is 5.26. The molecule has 5 aliphatic heterocycles. The van der Waals surface area contributed by atoms with Crippen LogP contribution < -0.4 is 10.2 Å². The van der Waals surface area contributed by atoms with E-state index in [0.717, 1.165) is 102 Å². The lowest BCUT2D eigenvalue weighted by Gasteiger charge is -2.54. The van der Waals surface area contributed by atoms with Crippen LogP contribution in [0.1, 0.15) is 63.4 Å². The SMILES string of the molecule is COC(=O)N[C@H]1CCC[C@@H]1C(CN1CCC1)(c1cccc(F)c1)C1CCN(CC2(F)CN(c3ccc(S(=O)(=O)C4CN(C(=O)/C=C/CN5CCCCC5)C4)cc3)C2)CC1. The van der Waals surface area contributed by atoms with Gasteiger partial charge in [-0.3, -0.25) is 14.6 Å². The molecule has 2 aromatic rings. The number of alkyl halides is 1. The van der Waals surface area contributed by atoms with Crippen LogP contribution in [-0.4, -0.2) is 149 Å². The molecule has 1 N–H and O–H groups in total. The minimum Gasteiger partial charge on any atom is -0.453 e. The van der Waals surface area contributed by atoms with Crippen molar-refractivity contribution in [3.8, 4) is 0 Å². The maximum absolute atomic E-state index is 16.3. The van der Waals surface area contributed by atoms with Crippen molar-refractivity contribution in [2.45, 2.75) is 85.1 Å². The Bertz CT molecular complexity index is 1920. The van der Waals surface area contributed by atoms with Gasteiger partial charge in [-0.1, -0.05) is 31.1 Å². The van der Waals surface area contributed by atoms with Gasteiger partial charge < -0.3 is 24.8 Å². The van der Waals surface area contributed by atoms with Crippen molar-refractivity contribution >= 4 is 27.5 Å². The maximum atomic E-state index is 16.3. The largest absolute Gasteiger partial charge is 0.453 e. The second kappa shape index (κ2) is 17.8. The number of anilines is 1. The number of halogens is 2. The number of carbonyl (C=O) groups excluding carboxylic acids is 2. The van der Waals surface area contributed by atoms with Crippen molar-refractivity contribution in [2.24, 2.45) is 11.8 Å². The van der Waals surface area contributed by atoms with Crippen LogP contribution in [0.25, 0.3) is 0 Å². The molecule has 322 valence electrons. The van der Waals surface area contributed by atoms with Crippen molar-refractivity contribution in [2.75, 3.05) is 97.1 Å². The van der Waals surface area contributed by atoms with E-state index in [-0.39, 0.29) is 66.1 Å².